The second kappa shape index (κ2) is 5.70. The van der Waals surface area contributed by atoms with E-state index in [9.17, 15) is 18.4 Å². The van der Waals surface area contributed by atoms with Gasteiger partial charge in [0, 0.05) is 5.56 Å². The van der Waals surface area contributed by atoms with Gasteiger partial charge >= 0.3 is 5.97 Å². The second-order valence-electron chi connectivity index (χ2n) is 4.38. The predicted molar refractivity (Wildman–Crippen MR) is 72.4 cm³/mol. The lowest BCUT2D eigenvalue weighted by atomic mass is 10.1. The lowest BCUT2D eigenvalue weighted by Crippen LogP contribution is -2.17. The third kappa shape index (κ3) is 3.05. The predicted octanol–water partition coefficient (Wildman–Crippen LogP) is 3.22. The van der Waals surface area contributed by atoms with Crippen LogP contribution in [0, 0.1) is 18.6 Å². The number of carboxylic acids is 1. The quantitative estimate of drug-likeness (QED) is 0.912. The molecular formula is C15H11F2NO3. The fourth-order valence-electron chi connectivity index (χ4n) is 1.85. The van der Waals surface area contributed by atoms with Crippen molar-refractivity contribution >= 4 is 17.6 Å². The van der Waals surface area contributed by atoms with Gasteiger partial charge in [-0.2, -0.15) is 0 Å². The molecule has 1 amide bonds. The molecule has 108 valence electrons. The molecule has 0 spiro atoms. The fraction of sp³-hybridized carbons (Fsp3) is 0.0667. The molecule has 2 N–H and O–H groups in total. The number of hydrogen-bond acceptors (Lipinski definition) is 2. The molecule has 0 radical (unpaired) electrons. The van der Waals surface area contributed by atoms with E-state index in [-0.39, 0.29) is 11.1 Å². The number of nitrogens with one attached hydrogen (secondary N) is 1. The number of carbonyl (C=O) groups is 2. The van der Waals surface area contributed by atoms with Gasteiger partial charge in [-0.15, -0.1) is 0 Å². The molecule has 6 heteroatoms. The molecule has 4 nitrogen and oxygen atoms in total. The maximum atomic E-state index is 13.7. The molecule has 0 fully saturated rings. The van der Waals surface area contributed by atoms with Crippen molar-refractivity contribution in [2.45, 2.75) is 6.92 Å². The van der Waals surface area contributed by atoms with Gasteiger partial charge in [-0.3, -0.25) is 4.79 Å². The number of para-hydroxylation sites is 1. The molecule has 0 unspecified atom stereocenters. The number of anilines is 1. The minimum Gasteiger partial charge on any atom is -0.478 e. The Labute approximate surface area is 119 Å². The van der Waals surface area contributed by atoms with Crippen molar-refractivity contribution in [3.63, 3.8) is 0 Å². The topological polar surface area (TPSA) is 66.4 Å². The van der Waals surface area contributed by atoms with Gasteiger partial charge in [-0.1, -0.05) is 12.1 Å². The highest BCUT2D eigenvalue weighted by Gasteiger charge is 2.18. The first kappa shape index (κ1) is 14.6. The lowest BCUT2D eigenvalue weighted by Gasteiger charge is -2.11. The zero-order chi connectivity index (χ0) is 15.6. The third-order valence-electron chi connectivity index (χ3n) is 2.93. The van der Waals surface area contributed by atoms with E-state index in [1.54, 1.807) is 6.92 Å². The number of benzene rings is 2. The Bertz CT molecular complexity index is 729. The van der Waals surface area contributed by atoms with Crippen molar-refractivity contribution in [3.05, 3.63) is 64.7 Å². The first-order valence-corrected chi connectivity index (χ1v) is 5.99. The summed E-state index contributed by atoms with van der Waals surface area (Å²) in [7, 11) is 0. The summed E-state index contributed by atoms with van der Waals surface area (Å²) in [6, 6.07) is 7.02. The van der Waals surface area contributed by atoms with Gasteiger partial charge in [-0.25, -0.2) is 13.6 Å². The average molecular weight is 291 g/mol. The van der Waals surface area contributed by atoms with Gasteiger partial charge in [0.05, 0.1) is 11.3 Å². The van der Waals surface area contributed by atoms with Gasteiger partial charge in [0.1, 0.15) is 11.6 Å². The minimum atomic E-state index is -1.37. The molecule has 0 bridgehead atoms. The van der Waals surface area contributed by atoms with Crippen molar-refractivity contribution in [1.82, 2.24) is 0 Å². The number of halogens is 2. The van der Waals surface area contributed by atoms with E-state index in [0.717, 1.165) is 12.1 Å². The van der Waals surface area contributed by atoms with Crippen LogP contribution >= 0.6 is 0 Å². The van der Waals surface area contributed by atoms with Crippen molar-refractivity contribution in [2.24, 2.45) is 0 Å². The van der Waals surface area contributed by atoms with E-state index >= 15 is 0 Å². The van der Waals surface area contributed by atoms with Crippen molar-refractivity contribution in [1.29, 1.82) is 0 Å². The van der Waals surface area contributed by atoms with E-state index in [2.05, 4.69) is 5.32 Å². The first-order valence-electron chi connectivity index (χ1n) is 5.99. The van der Waals surface area contributed by atoms with E-state index in [1.807, 2.05) is 0 Å². The zero-order valence-corrected chi connectivity index (χ0v) is 11.0. The van der Waals surface area contributed by atoms with Crippen LogP contribution in [0.2, 0.25) is 0 Å². The Hall–Kier alpha value is -2.76. The standard InChI is InChI=1S/C15H11F2NO3/c1-8-5-6-9(16)7-11(8)14(19)18-13-10(15(20)21)3-2-4-12(13)17/h2-7H,1H3,(H,18,19)(H,20,21). The summed E-state index contributed by atoms with van der Waals surface area (Å²) in [4.78, 5) is 23.1. The molecule has 2 aromatic carbocycles. The highest BCUT2D eigenvalue weighted by atomic mass is 19.1. The van der Waals surface area contributed by atoms with E-state index in [1.165, 1.54) is 24.3 Å². The zero-order valence-electron chi connectivity index (χ0n) is 11.0. The van der Waals surface area contributed by atoms with Crippen molar-refractivity contribution in [3.8, 4) is 0 Å². The molecule has 0 saturated carbocycles. The number of hydrogen-bond donors (Lipinski definition) is 2. The highest BCUT2D eigenvalue weighted by Crippen LogP contribution is 2.21. The van der Waals surface area contributed by atoms with Gasteiger partial charge in [0.15, 0.2) is 0 Å². The van der Waals surface area contributed by atoms with E-state index in [4.69, 9.17) is 5.11 Å². The summed E-state index contributed by atoms with van der Waals surface area (Å²) in [5.41, 5.74) is -0.326. The maximum absolute atomic E-state index is 13.7. The molecule has 0 saturated heterocycles. The summed E-state index contributed by atoms with van der Waals surface area (Å²) < 4.78 is 26.9. The molecule has 2 rings (SSSR count). The van der Waals surface area contributed by atoms with E-state index < -0.39 is 29.2 Å². The van der Waals surface area contributed by atoms with Crippen LogP contribution in [0.15, 0.2) is 36.4 Å². The van der Waals surface area contributed by atoms with Crippen molar-refractivity contribution < 1.29 is 23.5 Å². The summed E-state index contributed by atoms with van der Waals surface area (Å²) >= 11 is 0. The summed E-state index contributed by atoms with van der Waals surface area (Å²) in [5, 5.41) is 11.2. The molecule has 0 aromatic heterocycles. The lowest BCUT2D eigenvalue weighted by molar-refractivity contribution is 0.0697. The smallest absolute Gasteiger partial charge is 0.337 e. The van der Waals surface area contributed by atoms with Crippen LogP contribution in [-0.2, 0) is 0 Å². The largest absolute Gasteiger partial charge is 0.478 e. The number of carboxylic acid groups (broad SMARTS) is 1. The van der Waals surface area contributed by atoms with E-state index in [0.29, 0.717) is 5.56 Å². The number of amides is 1. The van der Waals surface area contributed by atoms with Crippen LogP contribution in [0.4, 0.5) is 14.5 Å². The van der Waals surface area contributed by atoms with Crippen LogP contribution in [0.1, 0.15) is 26.3 Å². The highest BCUT2D eigenvalue weighted by molar-refractivity contribution is 6.08. The molecule has 0 aliphatic rings. The Balaban J connectivity index is 2.41. The van der Waals surface area contributed by atoms with Gasteiger partial charge in [0.2, 0.25) is 0 Å². The van der Waals surface area contributed by atoms with Crippen molar-refractivity contribution in [2.75, 3.05) is 5.32 Å². The SMILES string of the molecule is Cc1ccc(F)cc1C(=O)Nc1c(F)cccc1C(=O)O. The average Bonchev–Trinajstić information content (AvgIpc) is 2.43. The monoisotopic (exact) mass is 291 g/mol. The Morgan fingerprint density at radius 1 is 1.10 bits per heavy atom. The van der Waals surface area contributed by atoms with Gasteiger partial charge in [0.25, 0.3) is 5.91 Å². The molecule has 0 atom stereocenters. The molecule has 0 aliphatic heterocycles. The summed E-state index contributed by atoms with van der Waals surface area (Å²) in [5.74, 6) is -3.64. The van der Waals surface area contributed by atoms with Gasteiger partial charge < -0.3 is 10.4 Å². The number of rotatable bonds is 3. The molecule has 2 aromatic rings. The summed E-state index contributed by atoms with van der Waals surface area (Å²) in [6.07, 6.45) is 0. The number of aromatic carboxylic acids is 1. The first-order chi connectivity index (χ1) is 9.90. The minimum absolute atomic E-state index is 0.00888. The Morgan fingerprint density at radius 3 is 2.48 bits per heavy atom. The second-order valence-corrected chi connectivity index (χ2v) is 4.38. The molecular weight excluding hydrogens is 280 g/mol. The molecule has 0 heterocycles. The Morgan fingerprint density at radius 2 is 1.81 bits per heavy atom. The van der Waals surface area contributed by atoms with Crippen LogP contribution in [-0.4, -0.2) is 17.0 Å². The number of aryl methyl sites for hydroxylation is 1. The Kier molecular flexibility index (Phi) is 3.98. The summed E-state index contributed by atoms with van der Waals surface area (Å²) in [6.45, 7) is 1.59. The fourth-order valence-corrected chi connectivity index (χ4v) is 1.85. The number of carbonyl (C=O) groups excluding carboxylic acids is 1. The van der Waals surface area contributed by atoms with Crippen LogP contribution in [0.25, 0.3) is 0 Å². The van der Waals surface area contributed by atoms with Crippen LogP contribution in [0.3, 0.4) is 0 Å². The van der Waals surface area contributed by atoms with Crippen LogP contribution in [0.5, 0.6) is 0 Å². The molecule has 0 aliphatic carbocycles. The normalized spacial score (nSPS) is 10.2. The molecule has 21 heavy (non-hydrogen) atoms. The van der Waals surface area contributed by atoms with Crippen LogP contribution < -0.4 is 5.32 Å². The third-order valence-corrected chi connectivity index (χ3v) is 2.93. The van der Waals surface area contributed by atoms with Gasteiger partial charge in [-0.05, 0) is 36.8 Å². The maximum Gasteiger partial charge on any atom is 0.337 e.